The van der Waals surface area contributed by atoms with Gasteiger partial charge < -0.3 is 10.2 Å². The highest BCUT2D eigenvalue weighted by atomic mass is 15.2. The fourth-order valence-electron chi connectivity index (χ4n) is 2.58. The smallest absolute Gasteiger partial charge is 0.133 e. The first-order chi connectivity index (χ1) is 10.0. The Bertz CT molecular complexity index is 429. The molecule has 0 aliphatic rings. The zero-order valence-electron chi connectivity index (χ0n) is 14.8. The molecule has 0 fully saturated rings. The van der Waals surface area contributed by atoms with E-state index in [1.807, 2.05) is 0 Å². The van der Waals surface area contributed by atoms with Crippen LogP contribution in [-0.2, 0) is 6.54 Å². The number of hydrogen-bond acceptors (Lipinski definition) is 3. The SMILES string of the molecule is CCCNCc1c(C)cc(C)nc1N(CC)CC(C)CC. The summed E-state index contributed by atoms with van der Waals surface area (Å²) in [5.74, 6) is 1.88. The van der Waals surface area contributed by atoms with Crippen LogP contribution < -0.4 is 10.2 Å². The van der Waals surface area contributed by atoms with Crippen LogP contribution in [0.25, 0.3) is 0 Å². The van der Waals surface area contributed by atoms with E-state index < -0.39 is 0 Å². The molecule has 1 rings (SSSR count). The molecule has 1 aromatic heterocycles. The lowest BCUT2D eigenvalue weighted by Crippen LogP contribution is -2.31. The molecule has 1 aromatic rings. The largest absolute Gasteiger partial charge is 0.356 e. The van der Waals surface area contributed by atoms with Gasteiger partial charge >= 0.3 is 0 Å². The normalized spacial score (nSPS) is 12.5. The van der Waals surface area contributed by atoms with Gasteiger partial charge in [0.05, 0.1) is 0 Å². The second kappa shape index (κ2) is 9.04. The van der Waals surface area contributed by atoms with Crippen molar-refractivity contribution in [2.75, 3.05) is 24.5 Å². The van der Waals surface area contributed by atoms with Gasteiger partial charge in [0.25, 0.3) is 0 Å². The monoisotopic (exact) mass is 291 g/mol. The molecule has 0 amide bonds. The van der Waals surface area contributed by atoms with Gasteiger partial charge in [0.2, 0.25) is 0 Å². The summed E-state index contributed by atoms with van der Waals surface area (Å²) in [4.78, 5) is 7.30. The van der Waals surface area contributed by atoms with Crippen molar-refractivity contribution in [1.82, 2.24) is 10.3 Å². The summed E-state index contributed by atoms with van der Waals surface area (Å²) < 4.78 is 0. The van der Waals surface area contributed by atoms with Crippen molar-refractivity contribution in [2.45, 2.75) is 60.9 Å². The maximum atomic E-state index is 4.86. The van der Waals surface area contributed by atoms with Crippen LogP contribution in [0, 0.1) is 19.8 Å². The van der Waals surface area contributed by atoms with Crippen LogP contribution in [0.2, 0.25) is 0 Å². The van der Waals surface area contributed by atoms with E-state index in [1.54, 1.807) is 0 Å². The molecule has 0 spiro atoms. The third-order valence-electron chi connectivity index (χ3n) is 4.09. The Labute approximate surface area is 131 Å². The molecule has 0 aliphatic carbocycles. The number of anilines is 1. The Hall–Kier alpha value is -1.09. The maximum absolute atomic E-state index is 4.86. The Kier molecular flexibility index (Phi) is 7.73. The van der Waals surface area contributed by atoms with E-state index in [9.17, 15) is 0 Å². The number of nitrogens with zero attached hydrogens (tertiary/aromatic N) is 2. The highest BCUT2D eigenvalue weighted by Crippen LogP contribution is 2.24. The average molecular weight is 291 g/mol. The van der Waals surface area contributed by atoms with Crippen LogP contribution >= 0.6 is 0 Å². The minimum Gasteiger partial charge on any atom is -0.356 e. The van der Waals surface area contributed by atoms with Crippen molar-refractivity contribution in [3.8, 4) is 0 Å². The van der Waals surface area contributed by atoms with E-state index in [2.05, 4.69) is 57.8 Å². The molecule has 1 atom stereocenters. The van der Waals surface area contributed by atoms with Crippen molar-refractivity contribution in [3.63, 3.8) is 0 Å². The molecule has 0 radical (unpaired) electrons. The first-order valence-electron chi connectivity index (χ1n) is 8.46. The Morgan fingerprint density at radius 2 is 1.95 bits per heavy atom. The average Bonchev–Trinajstić information content (AvgIpc) is 2.46. The summed E-state index contributed by atoms with van der Waals surface area (Å²) in [7, 11) is 0. The van der Waals surface area contributed by atoms with Crippen molar-refractivity contribution in [1.29, 1.82) is 0 Å². The lowest BCUT2D eigenvalue weighted by molar-refractivity contribution is 0.543. The van der Waals surface area contributed by atoms with Crippen LogP contribution in [0.5, 0.6) is 0 Å². The summed E-state index contributed by atoms with van der Waals surface area (Å²) in [5, 5.41) is 3.53. The number of nitrogens with one attached hydrogen (secondary N) is 1. The van der Waals surface area contributed by atoms with E-state index in [0.29, 0.717) is 5.92 Å². The van der Waals surface area contributed by atoms with Crippen molar-refractivity contribution >= 4 is 5.82 Å². The summed E-state index contributed by atoms with van der Waals surface area (Å²) >= 11 is 0. The topological polar surface area (TPSA) is 28.2 Å². The van der Waals surface area contributed by atoms with Crippen molar-refractivity contribution in [2.24, 2.45) is 5.92 Å². The molecule has 1 unspecified atom stereocenters. The molecule has 0 saturated carbocycles. The maximum Gasteiger partial charge on any atom is 0.133 e. The van der Waals surface area contributed by atoms with Gasteiger partial charge in [0, 0.05) is 30.9 Å². The Balaban J connectivity index is 3.05. The molecule has 0 aliphatic heterocycles. The van der Waals surface area contributed by atoms with Crippen LogP contribution in [0.3, 0.4) is 0 Å². The van der Waals surface area contributed by atoms with Crippen LogP contribution in [0.1, 0.15) is 57.4 Å². The number of aryl methyl sites for hydroxylation is 2. The zero-order chi connectivity index (χ0) is 15.8. The number of hydrogen-bond donors (Lipinski definition) is 1. The van der Waals surface area contributed by atoms with Gasteiger partial charge in [-0.15, -0.1) is 0 Å². The van der Waals surface area contributed by atoms with E-state index in [-0.39, 0.29) is 0 Å². The molecule has 0 saturated heterocycles. The third kappa shape index (κ3) is 5.31. The molecule has 0 bridgehead atoms. The second-order valence-corrected chi connectivity index (χ2v) is 6.11. The van der Waals surface area contributed by atoms with Crippen LogP contribution in [0.15, 0.2) is 6.07 Å². The zero-order valence-corrected chi connectivity index (χ0v) is 14.8. The van der Waals surface area contributed by atoms with Crippen LogP contribution in [-0.4, -0.2) is 24.6 Å². The van der Waals surface area contributed by atoms with Gasteiger partial charge in [-0.2, -0.15) is 0 Å². The highest BCUT2D eigenvalue weighted by molar-refractivity contribution is 5.51. The Morgan fingerprint density at radius 3 is 2.52 bits per heavy atom. The molecule has 1 N–H and O–H groups in total. The first-order valence-corrected chi connectivity index (χ1v) is 8.46. The summed E-state index contributed by atoms with van der Waals surface area (Å²) in [6.45, 7) is 17.4. The Morgan fingerprint density at radius 1 is 1.24 bits per heavy atom. The summed E-state index contributed by atoms with van der Waals surface area (Å²) in [6, 6.07) is 2.20. The minimum absolute atomic E-state index is 0.698. The number of aromatic nitrogens is 1. The lowest BCUT2D eigenvalue weighted by atomic mass is 10.1. The standard InChI is InChI=1S/C18H33N3/c1-7-10-19-12-17-15(5)11-16(6)20-18(17)21(9-3)13-14(4)8-2/h11,14,19H,7-10,12-13H2,1-6H3. The van der Waals surface area contributed by atoms with E-state index in [1.165, 1.54) is 23.4 Å². The van der Waals surface area contributed by atoms with Crippen molar-refractivity contribution < 1.29 is 0 Å². The third-order valence-corrected chi connectivity index (χ3v) is 4.09. The molecule has 0 aromatic carbocycles. The molecule has 3 heteroatoms. The number of rotatable bonds is 9. The van der Waals surface area contributed by atoms with E-state index in [4.69, 9.17) is 4.98 Å². The van der Waals surface area contributed by atoms with Gasteiger partial charge in [-0.1, -0.05) is 27.2 Å². The van der Waals surface area contributed by atoms with Crippen molar-refractivity contribution in [3.05, 3.63) is 22.9 Å². The van der Waals surface area contributed by atoms with Gasteiger partial charge in [0.15, 0.2) is 0 Å². The molecule has 1 heterocycles. The second-order valence-electron chi connectivity index (χ2n) is 6.11. The van der Waals surface area contributed by atoms with E-state index >= 15 is 0 Å². The quantitative estimate of drug-likeness (QED) is 0.695. The first kappa shape index (κ1) is 18.0. The summed E-state index contributed by atoms with van der Waals surface area (Å²) in [5.41, 5.74) is 3.83. The van der Waals surface area contributed by atoms with Gasteiger partial charge in [0.1, 0.15) is 5.82 Å². The fraction of sp³-hybridized carbons (Fsp3) is 0.722. The molecular formula is C18H33N3. The van der Waals surface area contributed by atoms with Gasteiger partial charge in [-0.3, -0.25) is 0 Å². The molecule has 3 nitrogen and oxygen atoms in total. The lowest BCUT2D eigenvalue weighted by Gasteiger charge is -2.28. The fourth-order valence-corrected chi connectivity index (χ4v) is 2.58. The molecule has 21 heavy (non-hydrogen) atoms. The van der Waals surface area contributed by atoms with Gasteiger partial charge in [-0.25, -0.2) is 4.98 Å². The number of pyridine rings is 1. The van der Waals surface area contributed by atoms with Crippen LogP contribution in [0.4, 0.5) is 5.82 Å². The van der Waals surface area contributed by atoms with E-state index in [0.717, 1.165) is 38.3 Å². The predicted octanol–water partition coefficient (Wildman–Crippen LogP) is 4.07. The molecule has 120 valence electrons. The minimum atomic E-state index is 0.698. The van der Waals surface area contributed by atoms with Gasteiger partial charge in [-0.05, 0) is 51.3 Å². The highest BCUT2D eigenvalue weighted by Gasteiger charge is 2.16. The predicted molar refractivity (Wildman–Crippen MR) is 93.1 cm³/mol. The summed E-state index contributed by atoms with van der Waals surface area (Å²) in [6.07, 6.45) is 2.38. The molecular weight excluding hydrogens is 258 g/mol.